The Morgan fingerprint density at radius 3 is 2.37 bits per heavy atom. The number of carbonyl (C=O) groups excluding carboxylic acids is 2. The summed E-state index contributed by atoms with van der Waals surface area (Å²) in [6.07, 6.45) is 1.57. The van der Waals surface area contributed by atoms with Gasteiger partial charge in [0.05, 0.1) is 21.7 Å². The molecule has 0 atom stereocenters. The maximum atomic E-state index is 12.7. The van der Waals surface area contributed by atoms with Crippen molar-refractivity contribution in [2.45, 2.75) is 17.7 Å². The minimum atomic E-state index is -3.74. The van der Waals surface area contributed by atoms with Crippen molar-refractivity contribution in [3.8, 4) is 5.75 Å². The van der Waals surface area contributed by atoms with Gasteiger partial charge in [-0.2, -0.15) is 4.31 Å². The first kappa shape index (κ1) is 18.9. The van der Waals surface area contributed by atoms with Crippen LogP contribution in [-0.2, 0) is 10.0 Å². The first-order valence-corrected chi connectivity index (χ1v) is 9.78. The molecule has 1 aliphatic rings. The predicted octanol–water partition coefficient (Wildman–Crippen LogP) is 1.53. The van der Waals surface area contributed by atoms with E-state index < -0.39 is 21.8 Å². The SMILES string of the molecule is NC(=O)c1ccccc1NC(=O)c1cc(S(=O)(=O)N2CCCC2)ccc1O. The number of carbonyl (C=O) groups is 2. The number of primary amides is 1. The van der Waals surface area contributed by atoms with Gasteiger partial charge in [-0.25, -0.2) is 8.42 Å². The van der Waals surface area contributed by atoms with Crippen molar-refractivity contribution >= 4 is 27.5 Å². The van der Waals surface area contributed by atoms with Gasteiger partial charge < -0.3 is 16.2 Å². The number of rotatable bonds is 5. The molecule has 0 radical (unpaired) electrons. The van der Waals surface area contributed by atoms with Crippen LogP contribution < -0.4 is 11.1 Å². The van der Waals surface area contributed by atoms with Gasteiger partial charge in [-0.1, -0.05) is 12.1 Å². The van der Waals surface area contributed by atoms with Gasteiger partial charge in [-0.3, -0.25) is 9.59 Å². The highest BCUT2D eigenvalue weighted by atomic mass is 32.2. The Kier molecular flexibility index (Phi) is 5.15. The summed E-state index contributed by atoms with van der Waals surface area (Å²) in [5.74, 6) is -1.84. The number of nitrogens with two attached hydrogens (primary N) is 1. The molecule has 1 heterocycles. The maximum absolute atomic E-state index is 12.7. The van der Waals surface area contributed by atoms with E-state index in [1.807, 2.05) is 0 Å². The lowest BCUT2D eigenvalue weighted by molar-refractivity contribution is 0.100. The van der Waals surface area contributed by atoms with Crippen LogP contribution in [0.25, 0.3) is 0 Å². The highest BCUT2D eigenvalue weighted by Crippen LogP contribution is 2.27. The Bertz CT molecular complexity index is 998. The zero-order valence-corrected chi connectivity index (χ0v) is 15.2. The molecule has 0 spiro atoms. The highest BCUT2D eigenvalue weighted by molar-refractivity contribution is 7.89. The summed E-state index contributed by atoms with van der Waals surface area (Å²) in [5, 5.41) is 12.5. The maximum Gasteiger partial charge on any atom is 0.259 e. The first-order chi connectivity index (χ1) is 12.8. The molecule has 1 aliphatic heterocycles. The predicted molar refractivity (Wildman–Crippen MR) is 99.0 cm³/mol. The lowest BCUT2D eigenvalue weighted by Gasteiger charge is -2.16. The molecule has 0 saturated carbocycles. The zero-order chi connectivity index (χ0) is 19.6. The van der Waals surface area contributed by atoms with Crippen LogP contribution in [0.5, 0.6) is 5.75 Å². The van der Waals surface area contributed by atoms with Gasteiger partial charge in [-0.15, -0.1) is 0 Å². The Morgan fingerprint density at radius 1 is 1.04 bits per heavy atom. The third kappa shape index (κ3) is 3.79. The topological polar surface area (TPSA) is 130 Å². The van der Waals surface area contributed by atoms with Gasteiger partial charge in [0, 0.05) is 13.1 Å². The van der Waals surface area contributed by atoms with E-state index in [0.717, 1.165) is 25.0 Å². The zero-order valence-electron chi connectivity index (χ0n) is 14.4. The van der Waals surface area contributed by atoms with Crippen molar-refractivity contribution in [1.29, 1.82) is 0 Å². The van der Waals surface area contributed by atoms with Crippen molar-refractivity contribution < 1.29 is 23.1 Å². The molecule has 2 aromatic rings. The molecule has 8 nitrogen and oxygen atoms in total. The third-order valence-corrected chi connectivity index (χ3v) is 6.25. The number of hydrogen-bond donors (Lipinski definition) is 3. The number of hydrogen-bond acceptors (Lipinski definition) is 5. The van der Waals surface area contributed by atoms with Crippen LogP contribution >= 0.6 is 0 Å². The summed E-state index contributed by atoms with van der Waals surface area (Å²) < 4.78 is 26.7. The number of amides is 2. The molecule has 27 heavy (non-hydrogen) atoms. The van der Waals surface area contributed by atoms with Crippen LogP contribution in [0.15, 0.2) is 47.4 Å². The number of sulfonamides is 1. The third-order valence-electron chi connectivity index (χ3n) is 4.36. The summed E-state index contributed by atoms with van der Waals surface area (Å²) in [4.78, 5) is 24.0. The number of phenolic OH excluding ortho intramolecular Hbond substituents is 1. The second kappa shape index (κ2) is 7.37. The molecule has 4 N–H and O–H groups in total. The summed E-state index contributed by atoms with van der Waals surface area (Å²) in [6.45, 7) is 0.855. The van der Waals surface area contributed by atoms with Gasteiger partial charge in [0.25, 0.3) is 11.8 Å². The highest BCUT2D eigenvalue weighted by Gasteiger charge is 2.28. The van der Waals surface area contributed by atoms with Crippen LogP contribution in [0.4, 0.5) is 5.69 Å². The van der Waals surface area contributed by atoms with E-state index >= 15 is 0 Å². The second-order valence-corrected chi connectivity index (χ2v) is 8.09. The quantitative estimate of drug-likeness (QED) is 0.714. The molecule has 9 heteroatoms. The fraction of sp³-hybridized carbons (Fsp3) is 0.222. The lowest BCUT2D eigenvalue weighted by Crippen LogP contribution is -2.28. The van der Waals surface area contributed by atoms with Crippen molar-refractivity contribution in [3.63, 3.8) is 0 Å². The van der Waals surface area contributed by atoms with E-state index in [2.05, 4.69) is 5.32 Å². The van der Waals surface area contributed by atoms with Crippen molar-refractivity contribution in [1.82, 2.24) is 4.31 Å². The number of nitrogens with zero attached hydrogens (tertiary/aromatic N) is 1. The van der Waals surface area contributed by atoms with Crippen LogP contribution in [0.3, 0.4) is 0 Å². The molecule has 0 aliphatic carbocycles. The minimum Gasteiger partial charge on any atom is -0.507 e. The number of anilines is 1. The molecule has 2 amide bonds. The largest absolute Gasteiger partial charge is 0.507 e. The van der Waals surface area contributed by atoms with Crippen LogP contribution in [0, 0.1) is 0 Å². The number of para-hydroxylation sites is 1. The van der Waals surface area contributed by atoms with Crippen LogP contribution in [0.2, 0.25) is 0 Å². The molecular weight excluding hydrogens is 370 g/mol. The monoisotopic (exact) mass is 389 g/mol. The van der Waals surface area contributed by atoms with Gasteiger partial charge >= 0.3 is 0 Å². The van der Waals surface area contributed by atoms with Crippen LogP contribution in [0.1, 0.15) is 33.6 Å². The number of benzene rings is 2. The molecule has 1 fully saturated rings. The van der Waals surface area contributed by atoms with Crippen molar-refractivity contribution in [3.05, 3.63) is 53.6 Å². The smallest absolute Gasteiger partial charge is 0.259 e. The molecule has 3 rings (SSSR count). The summed E-state index contributed by atoms with van der Waals surface area (Å²) in [7, 11) is -3.74. The van der Waals surface area contributed by atoms with Crippen molar-refractivity contribution in [2.75, 3.05) is 18.4 Å². The standard InChI is InChI=1S/C18H19N3O5S/c19-17(23)13-5-1-2-6-15(13)20-18(24)14-11-12(7-8-16(14)22)27(25,26)21-9-3-4-10-21/h1-2,5-8,11,22H,3-4,9-10H2,(H2,19,23)(H,20,24). The molecule has 2 aromatic carbocycles. The van der Waals surface area contributed by atoms with Gasteiger partial charge in [0.15, 0.2) is 0 Å². The number of nitrogens with one attached hydrogen (secondary N) is 1. The molecule has 1 saturated heterocycles. The fourth-order valence-corrected chi connectivity index (χ4v) is 4.48. The van der Waals surface area contributed by atoms with E-state index in [9.17, 15) is 23.1 Å². The Hall–Kier alpha value is -2.91. The van der Waals surface area contributed by atoms with E-state index in [4.69, 9.17) is 5.73 Å². The average molecular weight is 389 g/mol. The Balaban J connectivity index is 1.93. The van der Waals surface area contributed by atoms with Gasteiger partial charge in [-0.05, 0) is 43.2 Å². The van der Waals surface area contributed by atoms with E-state index in [1.54, 1.807) is 12.1 Å². The normalized spacial score (nSPS) is 14.8. The molecule has 0 aromatic heterocycles. The summed E-state index contributed by atoms with van der Waals surface area (Å²) >= 11 is 0. The molecule has 0 unspecified atom stereocenters. The average Bonchev–Trinajstić information content (AvgIpc) is 3.17. The first-order valence-electron chi connectivity index (χ1n) is 8.34. The number of phenols is 1. The molecular formula is C18H19N3O5S. The van der Waals surface area contributed by atoms with Gasteiger partial charge in [0.2, 0.25) is 10.0 Å². The molecule has 0 bridgehead atoms. The molecule has 142 valence electrons. The Labute approximate surface area is 156 Å². The second-order valence-electron chi connectivity index (χ2n) is 6.15. The summed E-state index contributed by atoms with van der Waals surface area (Å²) in [6, 6.07) is 9.69. The van der Waals surface area contributed by atoms with Crippen LogP contribution in [-0.4, -0.2) is 42.7 Å². The number of aromatic hydroxyl groups is 1. The van der Waals surface area contributed by atoms with E-state index in [1.165, 1.54) is 22.5 Å². The van der Waals surface area contributed by atoms with E-state index in [-0.39, 0.29) is 27.5 Å². The Morgan fingerprint density at radius 2 is 1.70 bits per heavy atom. The fourth-order valence-electron chi connectivity index (χ4n) is 2.93. The van der Waals surface area contributed by atoms with Gasteiger partial charge in [0.1, 0.15) is 5.75 Å². The summed E-state index contributed by atoms with van der Waals surface area (Å²) in [5.41, 5.74) is 5.34. The minimum absolute atomic E-state index is 0.0736. The van der Waals surface area contributed by atoms with Crippen molar-refractivity contribution in [2.24, 2.45) is 5.73 Å². The lowest BCUT2D eigenvalue weighted by atomic mass is 10.1. The van der Waals surface area contributed by atoms with E-state index in [0.29, 0.717) is 13.1 Å².